The van der Waals surface area contributed by atoms with E-state index in [1.165, 1.54) is 0 Å². The number of nitrogens with zero attached hydrogens (tertiary/aromatic N) is 3. The molecular formula is C18H29IN4O2. The number of halogens is 1. The average molecular weight is 460 g/mol. The zero-order valence-corrected chi connectivity index (χ0v) is 17.6. The van der Waals surface area contributed by atoms with Gasteiger partial charge in [-0.2, -0.15) is 0 Å². The van der Waals surface area contributed by atoms with Crippen molar-refractivity contribution in [2.24, 2.45) is 4.99 Å². The third-order valence-corrected chi connectivity index (χ3v) is 3.99. The van der Waals surface area contributed by atoms with Gasteiger partial charge in [-0.15, -0.1) is 24.0 Å². The lowest BCUT2D eigenvalue weighted by atomic mass is 10.1. The lowest BCUT2D eigenvalue weighted by molar-refractivity contribution is -0.127. The number of guanidine groups is 1. The molecule has 1 amide bonds. The van der Waals surface area contributed by atoms with Crippen molar-refractivity contribution in [1.29, 1.82) is 0 Å². The minimum absolute atomic E-state index is 0. The van der Waals surface area contributed by atoms with E-state index >= 15 is 0 Å². The van der Waals surface area contributed by atoms with Gasteiger partial charge in [0, 0.05) is 46.6 Å². The number of carbonyl (C=O) groups is 1. The van der Waals surface area contributed by atoms with E-state index in [1.54, 1.807) is 19.0 Å². The van der Waals surface area contributed by atoms with Gasteiger partial charge < -0.3 is 19.9 Å². The van der Waals surface area contributed by atoms with Gasteiger partial charge in [0.1, 0.15) is 18.4 Å². The molecule has 1 heterocycles. The number of nitrogens with one attached hydrogen (secondary N) is 1. The van der Waals surface area contributed by atoms with Gasteiger partial charge in [0.15, 0.2) is 5.96 Å². The summed E-state index contributed by atoms with van der Waals surface area (Å²) in [5.74, 6) is 1.74. The highest BCUT2D eigenvalue weighted by Gasteiger charge is 2.22. The monoisotopic (exact) mass is 460 g/mol. The number of hydrogen-bond acceptors (Lipinski definition) is 3. The summed E-state index contributed by atoms with van der Waals surface area (Å²) in [6, 6.07) is 9.95. The molecule has 6 nitrogen and oxygen atoms in total. The first-order chi connectivity index (χ1) is 11.6. The summed E-state index contributed by atoms with van der Waals surface area (Å²) in [4.78, 5) is 20.0. The topological polar surface area (TPSA) is 57.2 Å². The Morgan fingerprint density at radius 2 is 1.92 bits per heavy atom. The number of hydrogen-bond donors (Lipinski definition) is 1. The number of aliphatic imine (C=N–C) groups is 1. The first-order valence-corrected chi connectivity index (χ1v) is 8.55. The van der Waals surface area contributed by atoms with Gasteiger partial charge in [-0.05, 0) is 19.1 Å². The van der Waals surface area contributed by atoms with Crippen LogP contribution in [0.2, 0.25) is 0 Å². The Morgan fingerprint density at radius 1 is 1.28 bits per heavy atom. The maximum Gasteiger partial charge on any atom is 0.243 e. The fraction of sp³-hybridized carbons (Fsp3) is 0.556. The Balaban J connectivity index is 0.00000312. The van der Waals surface area contributed by atoms with Crippen molar-refractivity contribution in [2.75, 3.05) is 40.3 Å². The highest BCUT2D eigenvalue weighted by atomic mass is 127. The van der Waals surface area contributed by atoms with E-state index in [0.717, 1.165) is 44.2 Å². The van der Waals surface area contributed by atoms with Gasteiger partial charge >= 0.3 is 0 Å². The summed E-state index contributed by atoms with van der Waals surface area (Å²) in [7, 11) is 3.49. The molecule has 0 unspecified atom stereocenters. The minimum atomic E-state index is 0. The Hall–Kier alpha value is -1.51. The van der Waals surface area contributed by atoms with Crippen LogP contribution in [-0.4, -0.2) is 68.0 Å². The second-order valence-corrected chi connectivity index (χ2v) is 6.08. The van der Waals surface area contributed by atoms with Crippen LogP contribution in [-0.2, 0) is 4.79 Å². The quantitative estimate of drug-likeness (QED) is 0.416. The molecule has 1 N–H and O–H groups in total. The number of amides is 1. The predicted molar refractivity (Wildman–Crippen MR) is 112 cm³/mol. The van der Waals surface area contributed by atoms with E-state index < -0.39 is 0 Å². The number of para-hydroxylation sites is 1. The highest BCUT2D eigenvalue weighted by Crippen LogP contribution is 2.18. The van der Waals surface area contributed by atoms with Crippen LogP contribution in [0.15, 0.2) is 35.3 Å². The number of benzene rings is 1. The summed E-state index contributed by atoms with van der Waals surface area (Å²) in [5.41, 5.74) is 0. The number of piperidine rings is 1. The molecule has 0 spiro atoms. The summed E-state index contributed by atoms with van der Waals surface area (Å²) < 4.78 is 6.03. The molecule has 0 radical (unpaired) electrons. The van der Waals surface area contributed by atoms with Crippen LogP contribution in [0.4, 0.5) is 0 Å². The van der Waals surface area contributed by atoms with Crippen molar-refractivity contribution in [2.45, 2.75) is 25.9 Å². The van der Waals surface area contributed by atoms with Crippen LogP contribution in [0.1, 0.15) is 19.8 Å². The normalized spacial score (nSPS) is 15.3. The minimum Gasteiger partial charge on any atom is -0.490 e. The molecule has 1 aromatic carbocycles. The lowest BCUT2D eigenvalue weighted by Gasteiger charge is -2.34. The highest BCUT2D eigenvalue weighted by molar-refractivity contribution is 14.0. The zero-order chi connectivity index (χ0) is 17.4. The van der Waals surface area contributed by atoms with Gasteiger partial charge in [0.25, 0.3) is 0 Å². The number of carbonyl (C=O) groups excluding carboxylic acids is 1. The van der Waals surface area contributed by atoms with E-state index in [-0.39, 0.29) is 42.5 Å². The van der Waals surface area contributed by atoms with Crippen molar-refractivity contribution < 1.29 is 9.53 Å². The van der Waals surface area contributed by atoms with E-state index in [2.05, 4.69) is 15.2 Å². The average Bonchev–Trinajstić information content (AvgIpc) is 2.60. The first kappa shape index (κ1) is 21.5. The van der Waals surface area contributed by atoms with E-state index in [1.807, 2.05) is 37.3 Å². The molecule has 0 bridgehead atoms. The molecule has 1 aromatic rings. The van der Waals surface area contributed by atoms with Crippen LogP contribution < -0.4 is 10.1 Å². The Morgan fingerprint density at radius 3 is 2.48 bits per heavy atom. The maximum absolute atomic E-state index is 11.7. The van der Waals surface area contributed by atoms with Crippen LogP contribution >= 0.6 is 24.0 Å². The second-order valence-electron chi connectivity index (χ2n) is 6.08. The molecule has 0 aromatic heterocycles. The fourth-order valence-electron chi connectivity index (χ4n) is 2.59. The number of likely N-dealkylation sites (tertiary alicyclic amines) is 1. The Labute approximate surface area is 167 Å². The third-order valence-electron chi connectivity index (χ3n) is 3.99. The van der Waals surface area contributed by atoms with Gasteiger partial charge in [-0.1, -0.05) is 18.2 Å². The lowest BCUT2D eigenvalue weighted by Crippen LogP contribution is -2.47. The third kappa shape index (κ3) is 7.09. The summed E-state index contributed by atoms with van der Waals surface area (Å²) in [5, 5.41) is 3.28. The molecule has 140 valence electrons. The van der Waals surface area contributed by atoms with Crippen molar-refractivity contribution in [3.8, 4) is 5.75 Å². The second kappa shape index (κ2) is 11.2. The molecular weight excluding hydrogens is 431 g/mol. The molecule has 1 aliphatic heterocycles. The van der Waals surface area contributed by atoms with Crippen molar-refractivity contribution >= 4 is 35.8 Å². The van der Waals surface area contributed by atoms with Gasteiger partial charge in [0.05, 0.1) is 0 Å². The number of ether oxygens (including phenoxy) is 1. The SMILES string of the molecule is CCNC(=NCC(=O)N(C)C)N1CCC(Oc2ccccc2)CC1.I. The molecule has 0 atom stereocenters. The molecule has 1 aliphatic rings. The first-order valence-electron chi connectivity index (χ1n) is 8.55. The van der Waals surface area contributed by atoms with Crippen molar-refractivity contribution in [1.82, 2.24) is 15.1 Å². The summed E-state index contributed by atoms with van der Waals surface area (Å²) in [6.45, 7) is 4.75. The predicted octanol–water partition coefficient (Wildman–Crippen LogP) is 2.20. The number of rotatable bonds is 5. The largest absolute Gasteiger partial charge is 0.490 e. The van der Waals surface area contributed by atoms with E-state index in [0.29, 0.717) is 0 Å². The molecule has 7 heteroatoms. The summed E-state index contributed by atoms with van der Waals surface area (Å²) in [6.07, 6.45) is 2.12. The molecule has 1 saturated heterocycles. The molecule has 2 rings (SSSR count). The Bertz CT molecular complexity index is 543. The Kier molecular flexibility index (Phi) is 9.62. The van der Waals surface area contributed by atoms with Crippen molar-refractivity contribution in [3.05, 3.63) is 30.3 Å². The molecule has 25 heavy (non-hydrogen) atoms. The zero-order valence-electron chi connectivity index (χ0n) is 15.3. The summed E-state index contributed by atoms with van der Waals surface area (Å²) >= 11 is 0. The van der Waals surface area contributed by atoms with Crippen LogP contribution in [0.3, 0.4) is 0 Å². The molecule has 0 saturated carbocycles. The molecule has 1 fully saturated rings. The standard InChI is InChI=1S/C18H28N4O2.HI/c1-4-19-18(20-14-17(23)21(2)3)22-12-10-16(11-13-22)24-15-8-6-5-7-9-15;/h5-9,16H,4,10-14H2,1-3H3,(H,19,20);1H. The fourth-order valence-corrected chi connectivity index (χ4v) is 2.59. The van der Waals surface area contributed by atoms with Crippen LogP contribution in [0.5, 0.6) is 5.75 Å². The smallest absolute Gasteiger partial charge is 0.243 e. The van der Waals surface area contributed by atoms with Crippen molar-refractivity contribution in [3.63, 3.8) is 0 Å². The maximum atomic E-state index is 11.7. The van der Waals surface area contributed by atoms with Gasteiger partial charge in [-0.3, -0.25) is 4.79 Å². The van der Waals surface area contributed by atoms with Crippen LogP contribution in [0.25, 0.3) is 0 Å². The molecule has 0 aliphatic carbocycles. The van der Waals surface area contributed by atoms with Gasteiger partial charge in [0.2, 0.25) is 5.91 Å². The number of likely N-dealkylation sites (N-methyl/N-ethyl adjacent to an activating group) is 1. The van der Waals surface area contributed by atoms with E-state index in [4.69, 9.17) is 4.74 Å². The van der Waals surface area contributed by atoms with E-state index in [9.17, 15) is 4.79 Å². The van der Waals surface area contributed by atoms with Gasteiger partial charge in [-0.25, -0.2) is 4.99 Å². The van der Waals surface area contributed by atoms with Crippen LogP contribution in [0, 0.1) is 0 Å².